The summed E-state index contributed by atoms with van der Waals surface area (Å²) >= 11 is 0. The summed E-state index contributed by atoms with van der Waals surface area (Å²) in [4.78, 5) is 18.1. The highest BCUT2D eigenvalue weighted by atomic mass is 16.5. The minimum Gasteiger partial charge on any atom is -0.383 e. The van der Waals surface area contributed by atoms with Gasteiger partial charge in [0.1, 0.15) is 0 Å². The predicted molar refractivity (Wildman–Crippen MR) is 134 cm³/mol. The number of nitrogens with zero attached hydrogens (tertiary/aromatic N) is 2. The van der Waals surface area contributed by atoms with Gasteiger partial charge in [-0.05, 0) is 61.7 Å². The first-order valence-corrected chi connectivity index (χ1v) is 12.6. The molecule has 0 unspecified atom stereocenters. The molecule has 4 rings (SSSR count). The van der Waals surface area contributed by atoms with E-state index in [4.69, 9.17) is 4.74 Å². The van der Waals surface area contributed by atoms with E-state index >= 15 is 0 Å². The maximum Gasteiger partial charge on any atom is 0.237 e. The molecule has 2 N–H and O–H groups in total. The van der Waals surface area contributed by atoms with Crippen molar-refractivity contribution in [3.8, 4) is 0 Å². The number of benzene rings is 2. The van der Waals surface area contributed by atoms with Crippen molar-refractivity contribution in [1.82, 2.24) is 20.4 Å². The van der Waals surface area contributed by atoms with Crippen molar-refractivity contribution < 1.29 is 9.53 Å². The molecule has 2 aromatic carbocycles. The van der Waals surface area contributed by atoms with Gasteiger partial charge in [0.15, 0.2) is 0 Å². The molecule has 2 aliphatic rings. The normalized spacial score (nSPS) is 22.7. The van der Waals surface area contributed by atoms with Crippen molar-refractivity contribution in [3.63, 3.8) is 0 Å². The molecule has 2 aromatic rings. The van der Waals surface area contributed by atoms with Crippen LogP contribution in [-0.4, -0.2) is 80.3 Å². The molecule has 0 aromatic heterocycles. The van der Waals surface area contributed by atoms with Crippen molar-refractivity contribution in [1.29, 1.82) is 0 Å². The fourth-order valence-electron chi connectivity index (χ4n) is 5.56. The van der Waals surface area contributed by atoms with Gasteiger partial charge in [-0.25, -0.2) is 0 Å². The molecule has 0 radical (unpaired) electrons. The average Bonchev–Trinajstić information content (AvgIpc) is 3.28. The first kappa shape index (κ1) is 24.1. The van der Waals surface area contributed by atoms with E-state index in [0.717, 1.165) is 45.4 Å². The van der Waals surface area contributed by atoms with Crippen LogP contribution >= 0.6 is 0 Å². The van der Waals surface area contributed by atoms with Crippen molar-refractivity contribution in [3.05, 3.63) is 48.0 Å². The zero-order chi connectivity index (χ0) is 23.0. The molecular formula is C27H40N4O2. The van der Waals surface area contributed by atoms with E-state index < -0.39 is 0 Å². The number of hydrogen-bond acceptors (Lipinski definition) is 5. The summed E-state index contributed by atoms with van der Waals surface area (Å²) in [7, 11) is 1.67. The number of carbonyl (C=O) groups is 1. The molecule has 180 valence electrons. The third kappa shape index (κ3) is 6.12. The van der Waals surface area contributed by atoms with Crippen LogP contribution in [-0.2, 0) is 16.1 Å². The fraction of sp³-hybridized carbons (Fsp3) is 0.593. The Balaban J connectivity index is 1.41. The molecule has 2 fully saturated rings. The van der Waals surface area contributed by atoms with Crippen molar-refractivity contribution in [2.75, 3.05) is 46.4 Å². The molecule has 0 aliphatic carbocycles. The van der Waals surface area contributed by atoms with Gasteiger partial charge in [-0.2, -0.15) is 0 Å². The molecular weight excluding hydrogens is 412 g/mol. The first-order chi connectivity index (χ1) is 16.2. The van der Waals surface area contributed by atoms with E-state index in [1.807, 2.05) is 0 Å². The smallest absolute Gasteiger partial charge is 0.237 e. The Morgan fingerprint density at radius 3 is 2.70 bits per heavy atom. The Kier molecular flexibility index (Phi) is 8.73. The second-order valence-corrected chi connectivity index (χ2v) is 9.52. The van der Waals surface area contributed by atoms with Crippen LogP contribution in [0.25, 0.3) is 10.8 Å². The van der Waals surface area contributed by atoms with Crippen LogP contribution in [0.15, 0.2) is 42.5 Å². The second-order valence-electron chi connectivity index (χ2n) is 9.52. The molecule has 0 bridgehead atoms. The summed E-state index contributed by atoms with van der Waals surface area (Å²) in [5, 5.41) is 9.46. The molecule has 6 nitrogen and oxygen atoms in total. The molecule has 1 amide bonds. The maximum absolute atomic E-state index is 13.1. The average molecular weight is 453 g/mol. The minimum atomic E-state index is -0.0606. The molecule has 0 saturated carbocycles. The fourth-order valence-corrected chi connectivity index (χ4v) is 5.56. The van der Waals surface area contributed by atoms with Crippen LogP contribution in [0.1, 0.15) is 38.2 Å². The van der Waals surface area contributed by atoms with E-state index in [9.17, 15) is 4.79 Å². The quantitative estimate of drug-likeness (QED) is 0.543. The highest BCUT2D eigenvalue weighted by Gasteiger charge is 2.40. The zero-order valence-corrected chi connectivity index (χ0v) is 20.3. The van der Waals surface area contributed by atoms with Crippen LogP contribution in [0, 0.1) is 0 Å². The Morgan fingerprint density at radius 2 is 1.91 bits per heavy atom. The topological polar surface area (TPSA) is 56.8 Å². The lowest BCUT2D eigenvalue weighted by Gasteiger charge is -2.39. The lowest BCUT2D eigenvalue weighted by atomic mass is 10.0. The van der Waals surface area contributed by atoms with E-state index in [2.05, 4.69) is 69.8 Å². The number of hydrogen-bond donors (Lipinski definition) is 2. The minimum absolute atomic E-state index is 0.0606. The lowest BCUT2D eigenvalue weighted by Crippen LogP contribution is -2.51. The van der Waals surface area contributed by atoms with E-state index in [-0.39, 0.29) is 11.9 Å². The second kappa shape index (κ2) is 11.9. The van der Waals surface area contributed by atoms with Gasteiger partial charge in [0.05, 0.1) is 12.6 Å². The Bertz CT molecular complexity index is 891. The zero-order valence-electron chi connectivity index (χ0n) is 20.3. The van der Waals surface area contributed by atoms with Crippen LogP contribution in [0.5, 0.6) is 0 Å². The van der Waals surface area contributed by atoms with Gasteiger partial charge in [0.2, 0.25) is 5.91 Å². The maximum atomic E-state index is 13.1. The Hall–Kier alpha value is -1.99. The van der Waals surface area contributed by atoms with Gasteiger partial charge >= 0.3 is 0 Å². The van der Waals surface area contributed by atoms with Crippen LogP contribution in [0.4, 0.5) is 0 Å². The van der Waals surface area contributed by atoms with Crippen LogP contribution in [0.3, 0.4) is 0 Å². The number of carbonyl (C=O) groups excluding carboxylic acids is 1. The van der Waals surface area contributed by atoms with Crippen LogP contribution in [0.2, 0.25) is 0 Å². The van der Waals surface area contributed by atoms with Crippen molar-refractivity contribution >= 4 is 16.7 Å². The number of nitrogens with one attached hydrogen (secondary N) is 2. The van der Waals surface area contributed by atoms with Gasteiger partial charge in [-0.15, -0.1) is 0 Å². The summed E-state index contributed by atoms with van der Waals surface area (Å²) < 4.78 is 5.13. The summed E-state index contributed by atoms with van der Waals surface area (Å²) in [5.74, 6) is 0.150. The molecule has 6 heteroatoms. The Labute approximate surface area is 198 Å². The number of fused-ring (bicyclic) bond motifs is 1. The highest BCUT2D eigenvalue weighted by Crippen LogP contribution is 2.27. The SMILES string of the molecule is CCCN1CCC(N2C[C@H](NCc3cccc4ccccc34)C[C@H]2C(=O)NCCOC)CC1. The third-order valence-electron chi connectivity index (χ3n) is 7.27. The predicted octanol–water partition coefficient (Wildman–Crippen LogP) is 3.01. The highest BCUT2D eigenvalue weighted by molar-refractivity contribution is 5.85. The van der Waals surface area contributed by atoms with Crippen molar-refractivity contribution in [2.24, 2.45) is 0 Å². The summed E-state index contributed by atoms with van der Waals surface area (Å²) in [6, 6.07) is 15.8. The monoisotopic (exact) mass is 452 g/mol. The van der Waals surface area contributed by atoms with E-state index in [1.165, 1.54) is 29.3 Å². The number of methoxy groups -OCH3 is 1. The van der Waals surface area contributed by atoms with E-state index in [1.54, 1.807) is 7.11 Å². The van der Waals surface area contributed by atoms with Gasteiger partial charge < -0.3 is 20.3 Å². The van der Waals surface area contributed by atoms with Gasteiger partial charge in [-0.1, -0.05) is 49.4 Å². The molecule has 0 spiro atoms. The van der Waals surface area contributed by atoms with Gasteiger partial charge in [-0.3, -0.25) is 9.69 Å². The van der Waals surface area contributed by atoms with Crippen molar-refractivity contribution in [2.45, 2.75) is 57.3 Å². The Morgan fingerprint density at radius 1 is 1.12 bits per heavy atom. The number of likely N-dealkylation sites (tertiary alicyclic amines) is 2. The lowest BCUT2D eigenvalue weighted by molar-refractivity contribution is -0.126. The van der Waals surface area contributed by atoms with Gasteiger partial charge in [0, 0.05) is 38.8 Å². The molecule has 2 saturated heterocycles. The number of rotatable bonds is 10. The number of amides is 1. The molecule has 2 atom stereocenters. The summed E-state index contributed by atoms with van der Waals surface area (Å²) in [6.45, 7) is 8.60. The number of piperidine rings is 1. The van der Waals surface area contributed by atoms with E-state index in [0.29, 0.717) is 25.2 Å². The molecule has 33 heavy (non-hydrogen) atoms. The van der Waals surface area contributed by atoms with Crippen LogP contribution < -0.4 is 10.6 Å². The summed E-state index contributed by atoms with van der Waals surface area (Å²) in [6.07, 6.45) is 4.37. The number of ether oxygens (including phenoxy) is 1. The molecule has 2 heterocycles. The standard InChI is InChI=1S/C27H40N4O2/c1-3-14-30-15-11-24(12-16-30)31-20-23(18-26(31)27(32)28-13-17-33-2)29-19-22-9-6-8-21-7-4-5-10-25(21)22/h4-10,23-24,26,29H,3,11-20H2,1-2H3,(H,28,32)/t23-,26+/m1/s1. The third-order valence-corrected chi connectivity index (χ3v) is 7.27. The molecule has 2 aliphatic heterocycles. The summed E-state index contributed by atoms with van der Waals surface area (Å²) in [5.41, 5.74) is 1.32. The van der Waals surface area contributed by atoms with Gasteiger partial charge in [0.25, 0.3) is 0 Å². The largest absolute Gasteiger partial charge is 0.383 e. The first-order valence-electron chi connectivity index (χ1n) is 12.6.